The molecule has 1 amide bonds. The van der Waals surface area contributed by atoms with Gasteiger partial charge in [-0.3, -0.25) is 9.52 Å². The number of hydrogen-bond acceptors (Lipinski definition) is 3. The summed E-state index contributed by atoms with van der Waals surface area (Å²) in [7, 11) is -3.75. The zero-order chi connectivity index (χ0) is 14.8. The molecule has 0 heterocycles. The average molecular weight is 290 g/mol. The maximum absolute atomic E-state index is 12.3. The Morgan fingerprint density at radius 3 is 2.30 bits per heavy atom. The van der Waals surface area contributed by atoms with Crippen LogP contribution in [0.25, 0.3) is 0 Å². The van der Waals surface area contributed by atoms with Crippen molar-refractivity contribution in [1.82, 2.24) is 0 Å². The van der Waals surface area contributed by atoms with Crippen LogP contribution in [0.3, 0.4) is 0 Å². The highest BCUT2D eigenvalue weighted by Crippen LogP contribution is 2.23. The van der Waals surface area contributed by atoms with Gasteiger partial charge in [0.15, 0.2) is 0 Å². The zero-order valence-corrected chi connectivity index (χ0v) is 11.6. The highest BCUT2D eigenvalue weighted by molar-refractivity contribution is 7.92. The fourth-order valence-electron chi connectivity index (χ4n) is 1.80. The summed E-state index contributed by atoms with van der Waals surface area (Å²) in [5.74, 6) is -0.681. The largest absolute Gasteiger partial charge is 0.366 e. The Kier molecular flexibility index (Phi) is 3.76. The van der Waals surface area contributed by atoms with Crippen molar-refractivity contribution in [2.45, 2.75) is 11.8 Å². The van der Waals surface area contributed by atoms with E-state index in [9.17, 15) is 13.2 Å². The van der Waals surface area contributed by atoms with E-state index in [-0.39, 0.29) is 16.1 Å². The molecule has 0 bridgehead atoms. The third kappa shape index (κ3) is 2.80. The quantitative estimate of drug-likeness (QED) is 0.901. The van der Waals surface area contributed by atoms with Crippen LogP contribution in [0.4, 0.5) is 5.69 Å². The standard InChI is InChI=1S/C14H14N2O3S/c1-10-6-5-9-12(14(15)17)13(10)16-20(18,19)11-7-3-2-4-8-11/h2-9,16H,1H3,(H2,15,17). The Morgan fingerprint density at radius 1 is 1.05 bits per heavy atom. The molecule has 0 saturated carbocycles. The highest BCUT2D eigenvalue weighted by Gasteiger charge is 2.18. The van der Waals surface area contributed by atoms with Crippen LogP contribution in [-0.2, 0) is 10.0 Å². The van der Waals surface area contributed by atoms with Crippen molar-refractivity contribution in [2.24, 2.45) is 5.73 Å². The van der Waals surface area contributed by atoms with E-state index in [4.69, 9.17) is 5.73 Å². The molecule has 0 fully saturated rings. The Hall–Kier alpha value is -2.34. The second-order valence-corrected chi connectivity index (χ2v) is 5.96. The third-order valence-corrected chi connectivity index (χ3v) is 4.19. The van der Waals surface area contributed by atoms with Crippen LogP contribution < -0.4 is 10.5 Å². The lowest BCUT2D eigenvalue weighted by molar-refractivity contribution is 0.100. The zero-order valence-electron chi connectivity index (χ0n) is 10.8. The molecule has 2 rings (SSSR count). The van der Waals surface area contributed by atoms with E-state index in [0.717, 1.165) is 0 Å². The van der Waals surface area contributed by atoms with E-state index in [1.807, 2.05) is 0 Å². The number of sulfonamides is 1. The fraction of sp³-hybridized carbons (Fsp3) is 0.0714. The van der Waals surface area contributed by atoms with E-state index in [1.54, 1.807) is 37.3 Å². The number of rotatable bonds is 4. The monoisotopic (exact) mass is 290 g/mol. The minimum Gasteiger partial charge on any atom is -0.366 e. The van der Waals surface area contributed by atoms with Crippen molar-refractivity contribution in [1.29, 1.82) is 0 Å². The molecular weight excluding hydrogens is 276 g/mol. The van der Waals surface area contributed by atoms with Crippen LogP contribution in [0, 0.1) is 6.92 Å². The Bertz CT molecular complexity index is 740. The Labute approximate surface area is 117 Å². The third-order valence-electron chi connectivity index (χ3n) is 2.83. The van der Waals surface area contributed by atoms with Gasteiger partial charge in [0.25, 0.3) is 15.9 Å². The molecule has 0 saturated heterocycles. The molecule has 0 aliphatic rings. The number of nitrogens with two attached hydrogens (primary N) is 1. The number of carbonyl (C=O) groups excluding carboxylic acids is 1. The average Bonchev–Trinajstić information content (AvgIpc) is 2.41. The smallest absolute Gasteiger partial charge is 0.261 e. The summed E-state index contributed by atoms with van der Waals surface area (Å²) in [5, 5.41) is 0. The van der Waals surface area contributed by atoms with Gasteiger partial charge in [-0.15, -0.1) is 0 Å². The number of anilines is 1. The van der Waals surface area contributed by atoms with Crippen molar-refractivity contribution >= 4 is 21.6 Å². The summed E-state index contributed by atoms with van der Waals surface area (Å²) < 4.78 is 27.0. The molecule has 0 aliphatic carbocycles. The number of nitrogens with one attached hydrogen (secondary N) is 1. The SMILES string of the molecule is Cc1cccc(C(N)=O)c1NS(=O)(=O)c1ccccc1. The van der Waals surface area contributed by atoms with Crippen LogP contribution in [0.15, 0.2) is 53.4 Å². The normalized spacial score (nSPS) is 11.1. The van der Waals surface area contributed by atoms with Crippen LogP contribution in [0.5, 0.6) is 0 Å². The van der Waals surface area contributed by atoms with Crippen molar-refractivity contribution < 1.29 is 13.2 Å². The maximum Gasteiger partial charge on any atom is 0.261 e. The first-order valence-electron chi connectivity index (χ1n) is 5.89. The summed E-state index contributed by atoms with van der Waals surface area (Å²) in [4.78, 5) is 11.5. The predicted molar refractivity (Wildman–Crippen MR) is 76.9 cm³/mol. The summed E-state index contributed by atoms with van der Waals surface area (Å²) in [5.41, 5.74) is 6.25. The molecule has 0 radical (unpaired) electrons. The summed E-state index contributed by atoms with van der Waals surface area (Å²) in [6.07, 6.45) is 0. The van der Waals surface area contributed by atoms with Gasteiger partial charge in [0.2, 0.25) is 0 Å². The number of hydrogen-bond donors (Lipinski definition) is 2. The first-order valence-corrected chi connectivity index (χ1v) is 7.37. The molecule has 0 atom stereocenters. The second kappa shape index (κ2) is 5.34. The molecule has 6 heteroatoms. The van der Waals surface area contributed by atoms with Crippen molar-refractivity contribution in [3.05, 3.63) is 59.7 Å². The van der Waals surface area contributed by atoms with Gasteiger partial charge < -0.3 is 5.73 Å². The highest BCUT2D eigenvalue weighted by atomic mass is 32.2. The van der Waals surface area contributed by atoms with E-state index in [0.29, 0.717) is 5.56 Å². The number of amides is 1. The van der Waals surface area contributed by atoms with Crippen molar-refractivity contribution in [3.8, 4) is 0 Å². The molecule has 5 nitrogen and oxygen atoms in total. The molecule has 104 valence electrons. The van der Waals surface area contributed by atoms with Gasteiger partial charge in [0, 0.05) is 0 Å². The number of benzene rings is 2. The minimum atomic E-state index is -3.75. The molecule has 2 aromatic rings. The lowest BCUT2D eigenvalue weighted by Gasteiger charge is -2.13. The lowest BCUT2D eigenvalue weighted by atomic mass is 10.1. The van der Waals surface area contributed by atoms with E-state index < -0.39 is 15.9 Å². The van der Waals surface area contributed by atoms with Crippen LogP contribution in [0.1, 0.15) is 15.9 Å². The van der Waals surface area contributed by atoms with Gasteiger partial charge in [-0.05, 0) is 30.7 Å². The van der Waals surface area contributed by atoms with Gasteiger partial charge in [0.1, 0.15) is 0 Å². The summed E-state index contributed by atoms with van der Waals surface area (Å²) in [6, 6.07) is 12.8. The van der Waals surface area contributed by atoms with Crippen molar-refractivity contribution in [3.63, 3.8) is 0 Å². The van der Waals surface area contributed by atoms with E-state index in [2.05, 4.69) is 4.72 Å². The van der Waals surface area contributed by atoms with Gasteiger partial charge >= 0.3 is 0 Å². The molecule has 0 aliphatic heterocycles. The second-order valence-electron chi connectivity index (χ2n) is 4.28. The van der Waals surface area contributed by atoms with Gasteiger partial charge in [-0.25, -0.2) is 8.42 Å². The van der Waals surface area contributed by atoms with Crippen LogP contribution in [-0.4, -0.2) is 14.3 Å². The van der Waals surface area contributed by atoms with Crippen LogP contribution >= 0.6 is 0 Å². The summed E-state index contributed by atoms with van der Waals surface area (Å²) >= 11 is 0. The Balaban J connectivity index is 2.48. The van der Waals surface area contributed by atoms with Crippen LogP contribution in [0.2, 0.25) is 0 Å². The molecule has 20 heavy (non-hydrogen) atoms. The topological polar surface area (TPSA) is 89.3 Å². The number of carbonyl (C=O) groups is 1. The molecule has 3 N–H and O–H groups in total. The van der Waals surface area contributed by atoms with Gasteiger partial charge in [0.05, 0.1) is 16.1 Å². The molecule has 0 spiro atoms. The number of primary amides is 1. The predicted octanol–water partition coefficient (Wildman–Crippen LogP) is 1.89. The summed E-state index contributed by atoms with van der Waals surface area (Å²) in [6.45, 7) is 1.70. The molecular formula is C14H14N2O3S. The van der Waals surface area contributed by atoms with Gasteiger partial charge in [-0.1, -0.05) is 30.3 Å². The minimum absolute atomic E-state index is 0.124. The lowest BCUT2D eigenvalue weighted by Crippen LogP contribution is -2.19. The van der Waals surface area contributed by atoms with E-state index in [1.165, 1.54) is 18.2 Å². The molecule has 0 unspecified atom stereocenters. The van der Waals surface area contributed by atoms with Gasteiger partial charge in [-0.2, -0.15) is 0 Å². The first-order chi connectivity index (χ1) is 9.42. The van der Waals surface area contributed by atoms with Crippen molar-refractivity contribution in [2.75, 3.05) is 4.72 Å². The van der Waals surface area contributed by atoms with E-state index >= 15 is 0 Å². The Morgan fingerprint density at radius 2 is 1.70 bits per heavy atom. The maximum atomic E-state index is 12.3. The first kappa shape index (κ1) is 14.1. The number of aryl methyl sites for hydroxylation is 1. The fourth-order valence-corrected chi connectivity index (χ4v) is 2.97. The molecule has 0 aromatic heterocycles. The number of para-hydroxylation sites is 1. The molecule has 2 aromatic carbocycles.